The van der Waals surface area contributed by atoms with Gasteiger partial charge in [-0.1, -0.05) is 24.3 Å². The largest absolute Gasteiger partial charge is 0.497 e. The van der Waals surface area contributed by atoms with Crippen LogP contribution in [0.25, 0.3) is 28.0 Å². The van der Waals surface area contributed by atoms with Gasteiger partial charge in [-0.05, 0) is 35.9 Å². The standard InChI is InChI=1S/C19H14FN3O/c1-24-16-4-2-3-14(11-16)18-9-10-21-19-17(12-22-23(18)19)13-5-7-15(20)8-6-13/h2-12H,1H3. The Labute approximate surface area is 138 Å². The lowest BCUT2D eigenvalue weighted by molar-refractivity contribution is 0.415. The molecule has 0 radical (unpaired) electrons. The molecule has 0 aliphatic heterocycles. The molecule has 0 aliphatic carbocycles. The number of rotatable bonds is 3. The summed E-state index contributed by atoms with van der Waals surface area (Å²) in [5.41, 5.74) is 4.35. The molecule has 4 aromatic rings. The first-order valence-electron chi connectivity index (χ1n) is 7.49. The number of aromatic nitrogens is 3. The number of hydrogen-bond donors (Lipinski definition) is 0. The van der Waals surface area contributed by atoms with Gasteiger partial charge in [-0.3, -0.25) is 0 Å². The van der Waals surface area contributed by atoms with Crippen LogP contribution in [-0.2, 0) is 0 Å². The fraction of sp³-hybridized carbons (Fsp3) is 0.0526. The molecule has 2 heterocycles. The molecule has 0 N–H and O–H groups in total. The van der Waals surface area contributed by atoms with E-state index in [-0.39, 0.29) is 5.82 Å². The Morgan fingerprint density at radius 1 is 1.00 bits per heavy atom. The highest BCUT2D eigenvalue weighted by molar-refractivity contribution is 5.79. The summed E-state index contributed by atoms with van der Waals surface area (Å²) < 4.78 is 20.2. The second-order valence-corrected chi connectivity index (χ2v) is 5.36. The number of halogens is 1. The minimum absolute atomic E-state index is 0.264. The Morgan fingerprint density at radius 2 is 1.83 bits per heavy atom. The average Bonchev–Trinajstić information content (AvgIpc) is 3.06. The van der Waals surface area contributed by atoms with Crippen molar-refractivity contribution in [2.75, 3.05) is 7.11 Å². The van der Waals surface area contributed by atoms with Crippen molar-refractivity contribution >= 4 is 5.65 Å². The van der Waals surface area contributed by atoms with Crippen molar-refractivity contribution in [2.45, 2.75) is 0 Å². The number of ether oxygens (including phenoxy) is 1. The van der Waals surface area contributed by atoms with Crippen molar-refractivity contribution in [3.05, 3.63) is 72.8 Å². The summed E-state index contributed by atoms with van der Waals surface area (Å²) in [7, 11) is 1.64. The molecule has 5 heteroatoms. The fourth-order valence-corrected chi connectivity index (χ4v) is 2.73. The maximum absolute atomic E-state index is 13.2. The van der Waals surface area contributed by atoms with Gasteiger partial charge in [0.15, 0.2) is 5.65 Å². The van der Waals surface area contributed by atoms with Gasteiger partial charge >= 0.3 is 0 Å². The Hall–Kier alpha value is -3.21. The maximum atomic E-state index is 13.2. The molecule has 24 heavy (non-hydrogen) atoms. The van der Waals surface area contributed by atoms with Crippen molar-refractivity contribution in [3.8, 4) is 28.1 Å². The highest BCUT2D eigenvalue weighted by atomic mass is 19.1. The molecule has 0 unspecified atom stereocenters. The third-order valence-corrected chi connectivity index (χ3v) is 3.92. The summed E-state index contributed by atoms with van der Waals surface area (Å²) >= 11 is 0. The molecular formula is C19H14FN3O. The predicted molar refractivity (Wildman–Crippen MR) is 90.4 cm³/mol. The Bertz CT molecular complexity index is 1010. The van der Waals surface area contributed by atoms with Gasteiger partial charge in [0.05, 0.1) is 19.0 Å². The van der Waals surface area contributed by atoms with Gasteiger partial charge in [-0.25, -0.2) is 13.9 Å². The lowest BCUT2D eigenvalue weighted by Crippen LogP contribution is -1.96. The third-order valence-electron chi connectivity index (χ3n) is 3.92. The molecule has 0 saturated heterocycles. The monoisotopic (exact) mass is 319 g/mol. The van der Waals surface area contributed by atoms with E-state index in [0.717, 1.165) is 33.8 Å². The minimum atomic E-state index is -0.264. The molecule has 0 fully saturated rings. The fourth-order valence-electron chi connectivity index (χ4n) is 2.73. The molecule has 2 aromatic heterocycles. The van der Waals surface area contributed by atoms with Crippen molar-refractivity contribution in [1.29, 1.82) is 0 Å². The van der Waals surface area contributed by atoms with Crippen LogP contribution in [0.1, 0.15) is 0 Å². The second kappa shape index (κ2) is 5.77. The molecule has 0 spiro atoms. The average molecular weight is 319 g/mol. The zero-order chi connectivity index (χ0) is 16.5. The number of benzene rings is 2. The summed E-state index contributed by atoms with van der Waals surface area (Å²) in [6.45, 7) is 0. The lowest BCUT2D eigenvalue weighted by Gasteiger charge is -2.07. The lowest BCUT2D eigenvalue weighted by atomic mass is 10.1. The first kappa shape index (κ1) is 14.4. The molecule has 4 rings (SSSR count). The van der Waals surface area contributed by atoms with Crippen LogP contribution >= 0.6 is 0 Å². The van der Waals surface area contributed by atoms with Crippen molar-refractivity contribution in [3.63, 3.8) is 0 Å². The Balaban J connectivity index is 1.89. The van der Waals surface area contributed by atoms with Gasteiger partial charge < -0.3 is 4.74 Å². The molecule has 0 saturated carbocycles. The summed E-state index contributed by atoms with van der Waals surface area (Å²) in [5, 5.41) is 4.47. The van der Waals surface area contributed by atoms with Crippen LogP contribution in [0, 0.1) is 5.82 Å². The van der Waals surface area contributed by atoms with Gasteiger partial charge in [-0.15, -0.1) is 0 Å². The topological polar surface area (TPSA) is 39.4 Å². The van der Waals surface area contributed by atoms with E-state index in [1.54, 1.807) is 36.2 Å². The molecule has 0 amide bonds. The highest BCUT2D eigenvalue weighted by Crippen LogP contribution is 2.28. The van der Waals surface area contributed by atoms with E-state index in [4.69, 9.17) is 4.74 Å². The second-order valence-electron chi connectivity index (χ2n) is 5.36. The van der Waals surface area contributed by atoms with Crippen LogP contribution < -0.4 is 4.74 Å². The van der Waals surface area contributed by atoms with Crippen LogP contribution in [0.2, 0.25) is 0 Å². The number of hydrogen-bond acceptors (Lipinski definition) is 3. The predicted octanol–water partition coefficient (Wildman–Crippen LogP) is 4.21. The smallest absolute Gasteiger partial charge is 0.163 e. The minimum Gasteiger partial charge on any atom is -0.497 e. The number of methoxy groups -OCH3 is 1. The van der Waals surface area contributed by atoms with Gasteiger partial charge in [0.25, 0.3) is 0 Å². The maximum Gasteiger partial charge on any atom is 0.163 e. The third kappa shape index (κ3) is 2.40. The van der Waals surface area contributed by atoms with E-state index >= 15 is 0 Å². The first-order valence-corrected chi connectivity index (χ1v) is 7.49. The van der Waals surface area contributed by atoms with Crippen LogP contribution in [0.4, 0.5) is 4.39 Å². The quantitative estimate of drug-likeness (QED) is 0.568. The van der Waals surface area contributed by atoms with Crippen molar-refractivity contribution in [1.82, 2.24) is 14.6 Å². The van der Waals surface area contributed by atoms with E-state index < -0.39 is 0 Å². The molecule has 2 aromatic carbocycles. The Morgan fingerprint density at radius 3 is 2.62 bits per heavy atom. The van der Waals surface area contributed by atoms with Gasteiger partial charge in [0, 0.05) is 17.3 Å². The molecule has 118 valence electrons. The number of fused-ring (bicyclic) bond motifs is 1. The number of nitrogens with zero attached hydrogens (tertiary/aromatic N) is 3. The van der Waals surface area contributed by atoms with Crippen molar-refractivity contribution in [2.24, 2.45) is 0 Å². The van der Waals surface area contributed by atoms with Gasteiger partial charge in [-0.2, -0.15) is 5.10 Å². The normalized spacial score (nSPS) is 10.9. The van der Waals surface area contributed by atoms with Gasteiger partial charge in [0.1, 0.15) is 11.6 Å². The van der Waals surface area contributed by atoms with E-state index in [1.165, 1.54) is 12.1 Å². The van der Waals surface area contributed by atoms with Crippen LogP contribution in [0.5, 0.6) is 5.75 Å². The zero-order valence-electron chi connectivity index (χ0n) is 13.0. The van der Waals surface area contributed by atoms with E-state index in [2.05, 4.69) is 10.1 Å². The molecule has 0 bridgehead atoms. The van der Waals surface area contributed by atoms with E-state index in [1.807, 2.05) is 30.3 Å². The molecule has 0 aliphatic rings. The molecule has 0 atom stereocenters. The van der Waals surface area contributed by atoms with E-state index in [9.17, 15) is 4.39 Å². The van der Waals surface area contributed by atoms with Crippen molar-refractivity contribution < 1.29 is 9.13 Å². The summed E-state index contributed by atoms with van der Waals surface area (Å²) in [5.74, 6) is 0.517. The highest BCUT2D eigenvalue weighted by Gasteiger charge is 2.12. The van der Waals surface area contributed by atoms with E-state index in [0.29, 0.717) is 0 Å². The zero-order valence-corrected chi connectivity index (χ0v) is 13.0. The first-order chi connectivity index (χ1) is 11.8. The molecular weight excluding hydrogens is 305 g/mol. The van der Waals surface area contributed by atoms with Crippen LogP contribution in [0.3, 0.4) is 0 Å². The Kier molecular flexibility index (Phi) is 3.46. The molecule has 4 nitrogen and oxygen atoms in total. The van der Waals surface area contributed by atoms with Crippen LogP contribution in [0.15, 0.2) is 67.0 Å². The summed E-state index contributed by atoms with van der Waals surface area (Å²) in [4.78, 5) is 4.44. The van der Waals surface area contributed by atoms with Crippen LogP contribution in [-0.4, -0.2) is 21.7 Å². The summed E-state index contributed by atoms with van der Waals surface area (Å²) in [6, 6.07) is 16.0. The van der Waals surface area contributed by atoms with Gasteiger partial charge in [0.2, 0.25) is 0 Å². The summed E-state index contributed by atoms with van der Waals surface area (Å²) in [6.07, 6.45) is 3.50. The SMILES string of the molecule is COc1cccc(-c2ccnc3c(-c4ccc(F)cc4)cnn23)c1.